The zero-order valence-corrected chi connectivity index (χ0v) is 15.2. The Hall–Kier alpha value is -2.08. The van der Waals surface area contributed by atoms with Crippen LogP contribution >= 0.6 is 0 Å². The minimum absolute atomic E-state index is 0.00709. The maximum atomic E-state index is 12.6. The summed E-state index contributed by atoms with van der Waals surface area (Å²) in [6.45, 7) is 8.59. The van der Waals surface area contributed by atoms with Crippen molar-refractivity contribution < 1.29 is 14.3 Å². The minimum atomic E-state index is -0.634. The predicted octanol–water partition coefficient (Wildman–Crippen LogP) is 1.65. The molecule has 3 amide bonds. The van der Waals surface area contributed by atoms with Crippen molar-refractivity contribution in [3.63, 3.8) is 0 Å². The number of carbonyl (C=O) groups excluding carboxylic acids is 2. The van der Waals surface area contributed by atoms with Gasteiger partial charge in [0.05, 0.1) is 12.0 Å². The second-order valence-corrected chi connectivity index (χ2v) is 7.46. The number of hydrogen-bond acceptors (Lipinski definition) is 3. The van der Waals surface area contributed by atoms with Crippen molar-refractivity contribution in [3.8, 4) is 0 Å². The Kier molecular flexibility index (Phi) is 4.73. The van der Waals surface area contributed by atoms with Gasteiger partial charge in [-0.1, -0.05) is 17.7 Å². The Morgan fingerprint density at radius 3 is 2.60 bits per heavy atom. The van der Waals surface area contributed by atoms with Crippen LogP contribution < -0.4 is 11.1 Å². The predicted molar refractivity (Wildman–Crippen MR) is 95.0 cm³/mol. The summed E-state index contributed by atoms with van der Waals surface area (Å²) in [5.41, 5.74) is 9.75. The molecule has 1 aromatic rings. The van der Waals surface area contributed by atoms with E-state index < -0.39 is 5.41 Å². The Morgan fingerprint density at radius 1 is 1.32 bits per heavy atom. The topological polar surface area (TPSA) is 84.7 Å². The molecule has 0 aromatic heterocycles. The molecule has 25 heavy (non-hydrogen) atoms. The van der Waals surface area contributed by atoms with E-state index in [1.165, 1.54) is 16.7 Å². The van der Waals surface area contributed by atoms with Gasteiger partial charge in [-0.15, -0.1) is 0 Å². The quantitative estimate of drug-likeness (QED) is 0.873. The molecule has 0 bridgehead atoms. The van der Waals surface area contributed by atoms with E-state index in [-0.39, 0.29) is 17.9 Å². The highest BCUT2D eigenvalue weighted by Gasteiger charge is 2.53. The molecule has 2 aliphatic rings. The molecular weight excluding hydrogens is 318 g/mol. The first-order valence-corrected chi connectivity index (χ1v) is 8.80. The van der Waals surface area contributed by atoms with Crippen LogP contribution in [0.5, 0.6) is 0 Å². The minimum Gasteiger partial charge on any atom is -0.381 e. The third kappa shape index (κ3) is 3.23. The molecule has 3 N–H and O–H groups in total. The summed E-state index contributed by atoms with van der Waals surface area (Å²) in [5.74, 6) is -0.325. The lowest BCUT2D eigenvalue weighted by molar-refractivity contribution is -0.135. The SMILES string of the molecule is Cc1cc(C)c(CNC(=O)N2C[C@@H]3COCC[C@]3(C(N)=O)C2)c(C)c1. The van der Waals surface area contributed by atoms with E-state index in [1.807, 2.05) is 0 Å². The summed E-state index contributed by atoms with van der Waals surface area (Å²) >= 11 is 0. The Balaban J connectivity index is 1.68. The van der Waals surface area contributed by atoms with Crippen molar-refractivity contribution in [1.82, 2.24) is 10.2 Å². The average Bonchev–Trinajstić information content (AvgIpc) is 2.94. The molecule has 0 saturated carbocycles. The lowest BCUT2D eigenvalue weighted by Gasteiger charge is -2.34. The number of likely N-dealkylation sites (tertiary alicyclic amines) is 1. The van der Waals surface area contributed by atoms with Gasteiger partial charge >= 0.3 is 6.03 Å². The van der Waals surface area contributed by atoms with Gasteiger partial charge < -0.3 is 20.7 Å². The van der Waals surface area contributed by atoms with Crippen LogP contribution in [0.15, 0.2) is 12.1 Å². The van der Waals surface area contributed by atoms with E-state index in [0.717, 1.165) is 5.56 Å². The van der Waals surface area contributed by atoms with Crippen LogP contribution in [0, 0.1) is 32.1 Å². The molecule has 6 nitrogen and oxygen atoms in total. The summed E-state index contributed by atoms with van der Waals surface area (Å²) in [7, 11) is 0. The summed E-state index contributed by atoms with van der Waals surface area (Å²) in [5, 5.41) is 3.00. The van der Waals surface area contributed by atoms with Crippen molar-refractivity contribution >= 4 is 11.9 Å². The molecule has 0 unspecified atom stereocenters. The molecular formula is C19H27N3O3. The van der Waals surface area contributed by atoms with Crippen LogP contribution in [0.3, 0.4) is 0 Å². The fourth-order valence-electron chi connectivity index (χ4n) is 4.27. The average molecular weight is 345 g/mol. The van der Waals surface area contributed by atoms with Gasteiger partial charge in [-0.3, -0.25) is 4.79 Å². The number of carbonyl (C=O) groups is 2. The third-order valence-electron chi connectivity index (χ3n) is 5.74. The van der Waals surface area contributed by atoms with Gasteiger partial charge in [0.15, 0.2) is 0 Å². The summed E-state index contributed by atoms with van der Waals surface area (Å²) in [4.78, 5) is 26.4. The zero-order valence-electron chi connectivity index (χ0n) is 15.2. The Labute approximate surface area is 148 Å². The number of nitrogens with zero attached hydrogens (tertiary/aromatic N) is 1. The molecule has 6 heteroatoms. The lowest BCUT2D eigenvalue weighted by atomic mass is 9.74. The van der Waals surface area contributed by atoms with E-state index in [4.69, 9.17) is 10.5 Å². The molecule has 2 saturated heterocycles. The van der Waals surface area contributed by atoms with Crippen LogP contribution in [0.25, 0.3) is 0 Å². The van der Waals surface area contributed by atoms with Gasteiger partial charge in [-0.05, 0) is 43.9 Å². The van der Waals surface area contributed by atoms with Gasteiger partial charge in [-0.25, -0.2) is 4.79 Å². The highest BCUT2D eigenvalue weighted by molar-refractivity contribution is 5.84. The number of aryl methyl sites for hydroxylation is 3. The Morgan fingerprint density at radius 2 is 2.00 bits per heavy atom. The van der Waals surface area contributed by atoms with Crippen molar-refractivity contribution in [2.75, 3.05) is 26.3 Å². The van der Waals surface area contributed by atoms with Crippen LogP contribution in [0.1, 0.15) is 28.7 Å². The van der Waals surface area contributed by atoms with Crippen LogP contribution in [-0.2, 0) is 16.1 Å². The van der Waals surface area contributed by atoms with E-state index in [1.54, 1.807) is 4.90 Å². The van der Waals surface area contributed by atoms with Crippen LogP contribution in [-0.4, -0.2) is 43.1 Å². The summed E-state index contributed by atoms with van der Waals surface area (Å²) in [6.07, 6.45) is 0.590. The van der Waals surface area contributed by atoms with Crippen molar-refractivity contribution in [2.45, 2.75) is 33.7 Å². The number of hydrogen-bond donors (Lipinski definition) is 2. The number of ether oxygens (including phenoxy) is 1. The molecule has 2 aliphatic heterocycles. The molecule has 0 spiro atoms. The number of amides is 3. The number of nitrogens with one attached hydrogen (secondary N) is 1. The van der Waals surface area contributed by atoms with Gasteiger partial charge in [0, 0.05) is 32.2 Å². The number of fused-ring (bicyclic) bond motifs is 1. The second-order valence-electron chi connectivity index (χ2n) is 7.46. The number of urea groups is 1. The largest absolute Gasteiger partial charge is 0.381 e. The smallest absolute Gasteiger partial charge is 0.317 e. The Bertz CT molecular complexity index is 680. The third-order valence-corrected chi connectivity index (χ3v) is 5.74. The fraction of sp³-hybridized carbons (Fsp3) is 0.579. The standard InChI is InChI=1S/C19H27N3O3/c1-12-6-13(2)16(14(3)7-12)8-21-18(24)22-9-15-10-25-5-4-19(15,11-22)17(20)23/h6-7,15H,4-5,8-11H2,1-3H3,(H2,20,23)(H,21,24)/t15-,19+/m1/s1. The molecule has 2 atom stereocenters. The molecule has 1 aromatic carbocycles. The molecule has 0 aliphatic carbocycles. The summed E-state index contributed by atoms with van der Waals surface area (Å²) in [6, 6.07) is 4.10. The van der Waals surface area contributed by atoms with E-state index >= 15 is 0 Å². The molecule has 3 rings (SSSR count). The normalized spacial score (nSPS) is 25.6. The fourth-order valence-corrected chi connectivity index (χ4v) is 4.27. The first-order chi connectivity index (χ1) is 11.8. The molecule has 2 heterocycles. The first kappa shape index (κ1) is 17.7. The maximum absolute atomic E-state index is 12.6. The highest BCUT2D eigenvalue weighted by Crippen LogP contribution is 2.41. The van der Waals surface area contributed by atoms with Crippen molar-refractivity contribution in [3.05, 3.63) is 34.4 Å². The van der Waals surface area contributed by atoms with Crippen molar-refractivity contribution in [1.29, 1.82) is 0 Å². The molecule has 136 valence electrons. The van der Waals surface area contributed by atoms with E-state index in [9.17, 15) is 9.59 Å². The number of primary amides is 1. The molecule has 0 radical (unpaired) electrons. The van der Waals surface area contributed by atoms with Gasteiger partial charge in [0.25, 0.3) is 0 Å². The van der Waals surface area contributed by atoms with E-state index in [2.05, 4.69) is 38.2 Å². The maximum Gasteiger partial charge on any atom is 0.317 e. The number of rotatable bonds is 3. The summed E-state index contributed by atoms with van der Waals surface area (Å²) < 4.78 is 5.49. The van der Waals surface area contributed by atoms with Crippen molar-refractivity contribution in [2.24, 2.45) is 17.1 Å². The zero-order chi connectivity index (χ0) is 18.2. The lowest BCUT2D eigenvalue weighted by Crippen LogP contribution is -2.49. The monoisotopic (exact) mass is 345 g/mol. The molecule has 2 fully saturated rings. The van der Waals surface area contributed by atoms with E-state index in [0.29, 0.717) is 39.3 Å². The van der Waals surface area contributed by atoms with Gasteiger partial charge in [-0.2, -0.15) is 0 Å². The van der Waals surface area contributed by atoms with Crippen LogP contribution in [0.2, 0.25) is 0 Å². The highest BCUT2D eigenvalue weighted by atomic mass is 16.5. The second kappa shape index (κ2) is 6.67. The first-order valence-electron chi connectivity index (χ1n) is 8.80. The number of nitrogens with two attached hydrogens (primary N) is 1. The van der Waals surface area contributed by atoms with Gasteiger partial charge in [0.1, 0.15) is 0 Å². The van der Waals surface area contributed by atoms with Gasteiger partial charge in [0.2, 0.25) is 5.91 Å². The van der Waals surface area contributed by atoms with Crippen LogP contribution in [0.4, 0.5) is 4.79 Å². The number of benzene rings is 1.